The Hall–Kier alpha value is -2.35. The highest BCUT2D eigenvalue weighted by molar-refractivity contribution is 6.01. The first kappa shape index (κ1) is 11.1. The van der Waals surface area contributed by atoms with Crippen molar-refractivity contribution in [3.63, 3.8) is 0 Å². The smallest absolute Gasteiger partial charge is 0.278 e. The van der Waals surface area contributed by atoms with E-state index in [1.54, 1.807) is 17.1 Å². The van der Waals surface area contributed by atoms with Gasteiger partial charge in [0.25, 0.3) is 5.91 Å². The van der Waals surface area contributed by atoms with Gasteiger partial charge in [-0.25, -0.2) is 9.97 Å². The molecular formula is C9H11N7O. The summed E-state index contributed by atoms with van der Waals surface area (Å²) in [5.74, 6) is -0.236. The van der Waals surface area contributed by atoms with Crippen LogP contribution in [0.15, 0.2) is 24.9 Å². The second kappa shape index (κ2) is 5.12. The SMILES string of the molecule is NCCn1cnc(C(=O)Nc2nccnn2)c1. The van der Waals surface area contributed by atoms with Crippen LogP contribution in [0.4, 0.5) is 5.95 Å². The molecule has 0 radical (unpaired) electrons. The third-order valence-corrected chi connectivity index (χ3v) is 1.96. The molecule has 0 spiro atoms. The van der Waals surface area contributed by atoms with E-state index in [1.165, 1.54) is 12.4 Å². The number of hydrogen-bond donors (Lipinski definition) is 2. The van der Waals surface area contributed by atoms with Crippen LogP contribution < -0.4 is 11.1 Å². The molecular weight excluding hydrogens is 222 g/mol. The number of aromatic nitrogens is 5. The van der Waals surface area contributed by atoms with E-state index in [1.807, 2.05) is 0 Å². The van der Waals surface area contributed by atoms with Gasteiger partial charge in [-0.1, -0.05) is 0 Å². The van der Waals surface area contributed by atoms with E-state index in [9.17, 15) is 4.79 Å². The molecule has 2 aromatic rings. The van der Waals surface area contributed by atoms with Crippen LogP contribution in [0.3, 0.4) is 0 Å². The lowest BCUT2D eigenvalue weighted by atomic mass is 10.4. The van der Waals surface area contributed by atoms with Gasteiger partial charge in [0.1, 0.15) is 5.69 Å². The zero-order valence-electron chi connectivity index (χ0n) is 8.95. The number of nitrogens with zero attached hydrogens (tertiary/aromatic N) is 5. The van der Waals surface area contributed by atoms with Gasteiger partial charge >= 0.3 is 0 Å². The molecule has 17 heavy (non-hydrogen) atoms. The molecule has 0 aliphatic heterocycles. The second-order valence-electron chi connectivity index (χ2n) is 3.21. The number of carbonyl (C=O) groups is 1. The molecule has 2 rings (SSSR count). The van der Waals surface area contributed by atoms with Crippen molar-refractivity contribution in [3.8, 4) is 0 Å². The Morgan fingerprint density at radius 3 is 3.00 bits per heavy atom. The molecule has 0 unspecified atom stereocenters. The lowest BCUT2D eigenvalue weighted by Crippen LogP contribution is -2.15. The fourth-order valence-corrected chi connectivity index (χ4v) is 1.22. The highest BCUT2D eigenvalue weighted by Gasteiger charge is 2.10. The summed E-state index contributed by atoms with van der Waals surface area (Å²) in [6.07, 6.45) is 6.02. The standard InChI is InChI=1S/C9H11N7O/c10-1-4-16-5-7(12-6-16)8(17)14-9-11-2-3-13-15-9/h2-3,5-6H,1,4,10H2,(H,11,14,15,17). The maximum atomic E-state index is 11.7. The average Bonchev–Trinajstić information content (AvgIpc) is 2.79. The summed E-state index contributed by atoms with van der Waals surface area (Å²) in [4.78, 5) is 19.5. The van der Waals surface area contributed by atoms with E-state index in [-0.39, 0.29) is 17.5 Å². The van der Waals surface area contributed by atoms with E-state index in [0.717, 1.165) is 0 Å². The molecule has 0 fully saturated rings. The summed E-state index contributed by atoms with van der Waals surface area (Å²) in [6, 6.07) is 0. The highest BCUT2D eigenvalue weighted by Crippen LogP contribution is 2.00. The Balaban J connectivity index is 2.04. The van der Waals surface area contributed by atoms with Gasteiger partial charge in [-0.05, 0) is 0 Å². The van der Waals surface area contributed by atoms with Crippen LogP contribution in [0.2, 0.25) is 0 Å². The lowest BCUT2D eigenvalue weighted by Gasteiger charge is -1.99. The van der Waals surface area contributed by atoms with Gasteiger partial charge in [-0.3, -0.25) is 10.1 Å². The van der Waals surface area contributed by atoms with Crippen molar-refractivity contribution in [1.82, 2.24) is 24.7 Å². The van der Waals surface area contributed by atoms with E-state index < -0.39 is 0 Å². The van der Waals surface area contributed by atoms with Crippen LogP contribution in [0.1, 0.15) is 10.5 Å². The molecule has 3 N–H and O–H groups in total. The van der Waals surface area contributed by atoms with Crippen LogP contribution in [-0.2, 0) is 6.54 Å². The number of nitrogens with two attached hydrogens (primary N) is 1. The summed E-state index contributed by atoms with van der Waals surface area (Å²) in [6.45, 7) is 1.10. The van der Waals surface area contributed by atoms with Crippen LogP contribution in [0.25, 0.3) is 0 Å². The summed E-state index contributed by atoms with van der Waals surface area (Å²) in [5, 5.41) is 9.72. The molecule has 2 heterocycles. The molecule has 0 atom stereocenters. The second-order valence-corrected chi connectivity index (χ2v) is 3.21. The van der Waals surface area contributed by atoms with E-state index in [4.69, 9.17) is 5.73 Å². The predicted molar refractivity (Wildman–Crippen MR) is 59.1 cm³/mol. The number of nitrogens with one attached hydrogen (secondary N) is 1. The summed E-state index contributed by atoms with van der Waals surface area (Å²) < 4.78 is 1.74. The maximum absolute atomic E-state index is 11.7. The molecule has 8 nitrogen and oxygen atoms in total. The van der Waals surface area contributed by atoms with Crippen LogP contribution in [0, 0.1) is 0 Å². The first-order valence-electron chi connectivity index (χ1n) is 4.96. The minimum atomic E-state index is -0.381. The first-order valence-corrected chi connectivity index (χ1v) is 4.96. The minimum Gasteiger partial charge on any atom is -0.335 e. The molecule has 0 saturated heterocycles. The van der Waals surface area contributed by atoms with Crippen LogP contribution in [0.5, 0.6) is 0 Å². The Morgan fingerprint density at radius 1 is 1.41 bits per heavy atom. The van der Waals surface area contributed by atoms with Gasteiger partial charge in [0.2, 0.25) is 5.95 Å². The fraction of sp³-hybridized carbons (Fsp3) is 0.222. The van der Waals surface area contributed by atoms with E-state index in [2.05, 4.69) is 25.5 Å². The Morgan fingerprint density at radius 2 is 2.29 bits per heavy atom. The molecule has 0 bridgehead atoms. The zero-order chi connectivity index (χ0) is 12.1. The van der Waals surface area contributed by atoms with Crippen molar-refractivity contribution < 1.29 is 4.79 Å². The predicted octanol–water partition coefficient (Wildman–Crippen LogP) is -0.721. The topological polar surface area (TPSA) is 112 Å². The van der Waals surface area contributed by atoms with Gasteiger partial charge in [0, 0.05) is 19.3 Å². The molecule has 8 heteroatoms. The lowest BCUT2D eigenvalue weighted by molar-refractivity contribution is 0.102. The van der Waals surface area contributed by atoms with Gasteiger partial charge in [0.05, 0.1) is 18.7 Å². The first-order chi connectivity index (χ1) is 8.29. The van der Waals surface area contributed by atoms with Crippen molar-refractivity contribution in [2.45, 2.75) is 6.54 Å². The average molecular weight is 233 g/mol. The third kappa shape index (κ3) is 2.82. The van der Waals surface area contributed by atoms with Crippen molar-refractivity contribution in [1.29, 1.82) is 0 Å². The van der Waals surface area contributed by atoms with Crippen molar-refractivity contribution in [3.05, 3.63) is 30.6 Å². The molecule has 0 aliphatic carbocycles. The molecule has 1 amide bonds. The quantitative estimate of drug-likeness (QED) is 0.720. The van der Waals surface area contributed by atoms with Gasteiger partial charge in [-0.15, -0.1) is 5.10 Å². The Labute approximate surface area is 96.9 Å². The highest BCUT2D eigenvalue weighted by atomic mass is 16.2. The molecule has 88 valence electrons. The fourth-order valence-electron chi connectivity index (χ4n) is 1.22. The Bertz CT molecular complexity index is 495. The van der Waals surface area contributed by atoms with Crippen LogP contribution >= 0.6 is 0 Å². The van der Waals surface area contributed by atoms with Gasteiger partial charge < -0.3 is 10.3 Å². The van der Waals surface area contributed by atoms with E-state index >= 15 is 0 Å². The Kier molecular flexibility index (Phi) is 3.36. The third-order valence-electron chi connectivity index (χ3n) is 1.96. The summed E-state index contributed by atoms with van der Waals surface area (Å²) >= 11 is 0. The minimum absolute atomic E-state index is 0.144. The van der Waals surface area contributed by atoms with Crippen molar-refractivity contribution in [2.75, 3.05) is 11.9 Å². The van der Waals surface area contributed by atoms with Gasteiger partial charge in [0.15, 0.2) is 0 Å². The van der Waals surface area contributed by atoms with Crippen molar-refractivity contribution >= 4 is 11.9 Å². The molecule has 0 aliphatic rings. The number of amides is 1. The molecule has 0 saturated carbocycles. The van der Waals surface area contributed by atoms with Crippen LogP contribution in [-0.4, -0.2) is 37.2 Å². The van der Waals surface area contributed by atoms with E-state index in [0.29, 0.717) is 13.1 Å². The summed E-state index contributed by atoms with van der Waals surface area (Å²) in [5.41, 5.74) is 5.68. The number of rotatable bonds is 4. The molecule has 0 aromatic carbocycles. The van der Waals surface area contributed by atoms with Crippen molar-refractivity contribution in [2.24, 2.45) is 5.73 Å². The van der Waals surface area contributed by atoms with Gasteiger partial charge in [-0.2, -0.15) is 5.10 Å². The maximum Gasteiger partial charge on any atom is 0.278 e. The number of carbonyl (C=O) groups excluding carboxylic acids is 1. The number of anilines is 1. The number of imidazole rings is 1. The normalized spacial score (nSPS) is 10.2. The zero-order valence-corrected chi connectivity index (χ0v) is 8.95. The monoisotopic (exact) mass is 233 g/mol. The summed E-state index contributed by atoms with van der Waals surface area (Å²) in [7, 11) is 0. The molecule has 2 aromatic heterocycles. The largest absolute Gasteiger partial charge is 0.335 e. The number of hydrogen-bond acceptors (Lipinski definition) is 6.